The molecule has 1 aliphatic carbocycles. The van der Waals surface area contributed by atoms with Gasteiger partial charge in [0.15, 0.2) is 0 Å². The molecule has 3 aliphatic rings. The van der Waals surface area contributed by atoms with Gasteiger partial charge in [-0.25, -0.2) is 0 Å². The lowest BCUT2D eigenvalue weighted by Crippen LogP contribution is -2.51. The molecule has 4 heteroatoms. The summed E-state index contributed by atoms with van der Waals surface area (Å²) in [5.74, 6) is 1.50. The highest BCUT2D eigenvalue weighted by Crippen LogP contribution is 2.24. The third kappa shape index (κ3) is 5.24. The van der Waals surface area contributed by atoms with Crippen molar-refractivity contribution in [3.8, 4) is 0 Å². The fraction of sp³-hybridized carbons (Fsp3) is 0.625. The van der Waals surface area contributed by atoms with Gasteiger partial charge in [0.2, 0.25) is 5.91 Å². The number of likely N-dealkylation sites (tertiary alicyclic amines) is 1. The van der Waals surface area contributed by atoms with E-state index in [2.05, 4.69) is 57.2 Å². The first-order chi connectivity index (χ1) is 13.8. The number of piperidine rings is 1. The standard InChI is InChI=1S/C24H35N3O/c28-24(23-11-13-25(14-12-23)19-21-7-3-1-4-8-21)27-17-15-26(16-18-27)20-22-9-5-2-6-10-22/h1-3,5-6,9-10,21,23H,4,7-8,11-20H2/t21-/m0/s1. The third-order valence-corrected chi connectivity index (χ3v) is 6.76. The summed E-state index contributed by atoms with van der Waals surface area (Å²) in [6, 6.07) is 10.7. The third-order valence-electron chi connectivity index (χ3n) is 6.76. The maximum absolute atomic E-state index is 13.0. The van der Waals surface area contributed by atoms with Crippen LogP contribution in [0.3, 0.4) is 0 Å². The number of benzene rings is 1. The molecule has 0 saturated carbocycles. The van der Waals surface area contributed by atoms with Gasteiger partial charge in [0.25, 0.3) is 0 Å². The summed E-state index contributed by atoms with van der Waals surface area (Å²) in [7, 11) is 0. The molecule has 1 aromatic rings. The summed E-state index contributed by atoms with van der Waals surface area (Å²) in [5, 5.41) is 0. The van der Waals surface area contributed by atoms with Gasteiger partial charge in [-0.1, -0.05) is 42.5 Å². The molecule has 152 valence electrons. The molecule has 0 spiro atoms. The van der Waals surface area contributed by atoms with Crippen LogP contribution in [0.5, 0.6) is 0 Å². The van der Waals surface area contributed by atoms with Gasteiger partial charge in [-0.2, -0.15) is 0 Å². The summed E-state index contributed by atoms with van der Waals surface area (Å²) < 4.78 is 0. The number of carbonyl (C=O) groups excluding carboxylic acids is 1. The van der Waals surface area contributed by atoms with Crippen molar-refractivity contribution in [2.45, 2.75) is 38.6 Å². The number of carbonyl (C=O) groups is 1. The molecule has 1 amide bonds. The second-order valence-corrected chi connectivity index (χ2v) is 8.81. The Morgan fingerprint density at radius 1 is 0.857 bits per heavy atom. The maximum Gasteiger partial charge on any atom is 0.225 e. The van der Waals surface area contributed by atoms with Crippen LogP contribution >= 0.6 is 0 Å². The van der Waals surface area contributed by atoms with Crippen LogP contribution in [-0.2, 0) is 11.3 Å². The van der Waals surface area contributed by atoms with Crippen molar-refractivity contribution >= 4 is 5.91 Å². The molecule has 2 saturated heterocycles. The van der Waals surface area contributed by atoms with Crippen LogP contribution in [0.1, 0.15) is 37.7 Å². The van der Waals surface area contributed by atoms with Crippen molar-refractivity contribution in [2.24, 2.45) is 11.8 Å². The number of amides is 1. The number of rotatable bonds is 5. The van der Waals surface area contributed by atoms with Gasteiger partial charge >= 0.3 is 0 Å². The van der Waals surface area contributed by atoms with Crippen molar-refractivity contribution in [1.82, 2.24) is 14.7 Å². The molecule has 1 atom stereocenters. The van der Waals surface area contributed by atoms with Gasteiger partial charge in [-0.15, -0.1) is 0 Å². The quantitative estimate of drug-likeness (QED) is 0.732. The van der Waals surface area contributed by atoms with E-state index in [1.165, 1.54) is 31.4 Å². The van der Waals surface area contributed by atoms with E-state index in [9.17, 15) is 4.79 Å². The Kier molecular flexibility index (Phi) is 6.81. The highest BCUT2D eigenvalue weighted by molar-refractivity contribution is 5.79. The molecule has 1 aromatic carbocycles. The Labute approximate surface area is 170 Å². The van der Waals surface area contributed by atoms with E-state index in [-0.39, 0.29) is 5.92 Å². The molecule has 2 aliphatic heterocycles. The zero-order valence-electron chi connectivity index (χ0n) is 17.1. The van der Waals surface area contributed by atoms with E-state index in [0.29, 0.717) is 5.91 Å². The largest absolute Gasteiger partial charge is 0.340 e. The number of hydrogen-bond acceptors (Lipinski definition) is 3. The van der Waals surface area contributed by atoms with Gasteiger partial charge in [-0.05, 0) is 56.7 Å². The average molecular weight is 382 g/mol. The van der Waals surface area contributed by atoms with E-state index in [4.69, 9.17) is 0 Å². The molecule has 2 heterocycles. The van der Waals surface area contributed by atoms with Gasteiger partial charge in [0.05, 0.1) is 0 Å². The second-order valence-electron chi connectivity index (χ2n) is 8.81. The summed E-state index contributed by atoms with van der Waals surface area (Å²) in [6.45, 7) is 8.19. The number of hydrogen-bond donors (Lipinski definition) is 0. The van der Waals surface area contributed by atoms with E-state index < -0.39 is 0 Å². The molecule has 0 N–H and O–H groups in total. The summed E-state index contributed by atoms with van der Waals surface area (Å²) in [5.41, 5.74) is 1.36. The van der Waals surface area contributed by atoms with E-state index in [1.807, 2.05) is 0 Å². The fourth-order valence-electron chi connectivity index (χ4n) is 4.98. The van der Waals surface area contributed by atoms with Crippen molar-refractivity contribution < 1.29 is 4.79 Å². The zero-order chi connectivity index (χ0) is 19.2. The zero-order valence-corrected chi connectivity index (χ0v) is 17.1. The number of piperazine rings is 1. The molecular formula is C24H35N3O. The summed E-state index contributed by atoms with van der Waals surface area (Å²) >= 11 is 0. The first-order valence-electron chi connectivity index (χ1n) is 11.2. The van der Waals surface area contributed by atoms with E-state index in [0.717, 1.165) is 64.6 Å². The van der Waals surface area contributed by atoms with Crippen molar-refractivity contribution in [3.05, 3.63) is 48.0 Å². The molecule has 28 heavy (non-hydrogen) atoms. The molecule has 0 aromatic heterocycles. The normalized spacial score (nSPS) is 25.1. The van der Waals surface area contributed by atoms with Crippen molar-refractivity contribution in [2.75, 3.05) is 45.8 Å². The molecule has 4 rings (SSSR count). The number of allylic oxidation sites excluding steroid dienone is 2. The van der Waals surface area contributed by atoms with Crippen LogP contribution in [0.2, 0.25) is 0 Å². The highest BCUT2D eigenvalue weighted by Gasteiger charge is 2.31. The minimum Gasteiger partial charge on any atom is -0.340 e. The maximum atomic E-state index is 13.0. The van der Waals surface area contributed by atoms with Gasteiger partial charge in [-0.3, -0.25) is 9.69 Å². The Balaban J connectivity index is 1.18. The smallest absolute Gasteiger partial charge is 0.225 e. The number of nitrogens with zero attached hydrogens (tertiary/aromatic N) is 3. The van der Waals surface area contributed by atoms with Crippen molar-refractivity contribution in [3.63, 3.8) is 0 Å². The van der Waals surface area contributed by atoms with Crippen LogP contribution < -0.4 is 0 Å². The SMILES string of the molecule is O=C(C1CCN(C[C@H]2CC=CCC2)CC1)N1CCN(Cc2ccccc2)CC1. The lowest BCUT2D eigenvalue weighted by Gasteiger charge is -2.39. The molecule has 4 nitrogen and oxygen atoms in total. The van der Waals surface area contributed by atoms with Gasteiger partial charge in [0, 0.05) is 45.2 Å². The first kappa shape index (κ1) is 19.7. The molecular weight excluding hydrogens is 346 g/mol. The van der Waals surface area contributed by atoms with E-state index >= 15 is 0 Å². The topological polar surface area (TPSA) is 26.8 Å². The van der Waals surface area contributed by atoms with Crippen LogP contribution in [0.25, 0.3) is 0 Å². The predicted molar refractivity (Wildman–Crippen MR) is 114 cm³/mol. The molecule has 0 bridgehead atoms. The second kappa shape index (κ2) is 9.71. The Bertz CT molecular complexity index is 643. The van der Waals surface area contributed by atoms with Gasteiger partial charge < -0.3 is 9.80 Å². The molecule has 2 fully saturated rings. The minimum atomic E-state index is 0.253. The Hall–Kier alpha value is -1.65. The van der Waals surface area contributed by atoms with Gasteiger partial charge in [0.1, 0.15) is 0 Å². The summed E-state index contributed by atoms with van der Waals surface area (Å²) in [4.78, 5) is 20.2. The Morgan fingerprint density at radius 2 is 1.61 bits per heavy atom. The average Bonchev–Trinajstić information content (AvgIpc) is 2.76. The van der Waals surface area contributed by atoms with E-state index in [1.54, 1.807) is 0 Å². The summed E-state index contributed by atoms with van der Waals surface area (Å²) in [6.07, 6.45) is 10.6. The first-order valence-corrected chi connectivity index (χ1v) is 11.2. The lowest BCUT2D eigenvalue weighted by molar-refractivity contribution is -0.139. The van der Waals surface area contributed by atoms with Crippen molar-refractivity contribution in [1.29, 1.82) is 0 Å². The van der Waals surface area contributed by atoms with Crippen LogP contribution in [0.4, 0.5) is 0 Å². The minimum absolute atomic E-state index is 0.253. The van der Waals surface area contributed by atoms with Crippen LogP contribution in [-0.4, -0.2) is 66.4 Å². The Morgan fingerprint density at radius 3 is 2.29 bits per heavy atom. The lowest BCUT2D eigenvalue weighted by atomic mass is 9.91. The monoisotopic (exact) mass is 381 g/mol. The molecule has 0 radical (unpaired) electrons. The predicted octanol–water partition coefficient (Wildman–Crippen LogP) is 3.40. The highest BCUT2D eigenvalue weighted by atomic mass is 16.2. The fourth-order valence-corrected chi connectivity index (χ4v) is 4.98. The van der Waals surface area contributed by atoms with Crippen LogP contribution in [0, 0.1) is 11.8 Å². The molecule has 0 unspecified atom stereocenters. The van der Waals surface area contributed by atoms with Crippen LogP contribution in [0.15, 0.2) is 42.5 Å².